The third kappa shape index (κ3) is 4.86. The lowest BCUT2D eigenvalue weighted by molar-refractivity contribution is 0.529. The van der Waals surface area contributed by atoms with Crippen molar-refractivity contribution in [2.24, 2.45) is 0 Å². The second-order valence-electron chi connectivity index (χ2n) is 9.34. The van der Waals surface area contributed by atoms with Crippen LogP contribution in [0.5, 0.6) is 0 Å². The van der Waals surface area contributed by atoms with Gasteiger partial charge in [0.25, 0.3) is 0 Å². The van der Waals surface area contributed by atoms with E-state index in [9.17, 15) is 0 Å². The molecule has 0 aliphatic rings. The van der Waals surface area contributed by atoms with Crippen LogP contribution in [0.4, 0.5) is 0 Å². The lowest BCUT2D eigenvalue weighted by Crippen LogP contribution is -2.22. The number of benzene rings is 1. The van der Waals surface area contributed by atoms with Gasteiger partial charge in [-0.15, -0.1) is 0 Å². The summed E-state index contributed by atoms with van der Waals surface area (Å²) in [5, 5.41) is 0. The van der Waals surface area contributed by atoms with E-state index in [1.807, 2.05) is 24.5 Å². The molecular weight excluding hydrogens is 359 g/mol. The van der Waals surface area contributed by atoms with Crippen LogP contribution in [0.2, 0.25) is 0 Å². The molecule has 3 aromatic rings. The number of nitrogens with zero attached hydrogens (tertiary/aromatic N) is 2. The second-order valence-corrected chi connectivity index (χ2v) is 11.4. The van der Waals surface area contributed by atoms with Gasteiger partial charge in [-0.2, -0.15) is 0 Å². The highest BCUT2D eigenvalue weighted by Gasteiger charge is 2.26. The summed E-state index contributed by atoms with van der Waals surface area (Å²) in [6, 6.07) is 19.4. The zero-order chi connectivity index (χ0) is 20.4. The third-order valence-electron chi connectivity index (χ3n) is 4.89. The molecule has 3 heteroatoms. The Morgan fingerprint density at radius 1 is 0.679 bits per heavy atom. The van der Waals surface area contributed by atoms with Crippen molar-refractivity contribution in [3.63, 3.8) is 0 Å². The molecule has 3 rings (SSSR count). The minimum atomic E-state index is -0.635. The first-order valence-corrected chi connectivity index (χ1v) is 11.4. The van der Waals surface area contributed by atoms with Gasteiger partial charge in [-0.25, -0.2) is 0 Å². The van der Waals surface area contributed by atoms with Gasteiger partial charge in [0.15, 0.2) is 0 Å². The number of aromatic nitrogens is 2. The first-order valence-electron chi connectivity index (χ1n) is 9.90. The molecule has 0 atom stereocenters. The fourth-order valence-corrected chi connectivity index (χ4v) is 5.52. The van der Waals surface area contributed by atoms with Crippen LogP contribution in [0.25, 0.3) is 0 Å². The summed E-state index contributed by atoms with van der Waals surface area (Å²) in [5.41, 5.74) is 6.74. The highest BCUT2D eigenvalue weighted by atomic mass is 31.1. The van der Waals surface area contributed by atoms with Crippen molar-refractivity contribution >= 4 is 18.8 Å². The Balaban J connectivity index is 2.04. The first-order chi connectivity index (χ1) is 13.2. The molecule has 2 heterocycles. The van der Waals surface area contributed by atoms with Crippen molar-refractivity contribution in [2.75, 3.05) is 0 Å². The van der Waals surface area contributed by atoms with Gasteiger partial charge >= 0.3 is 0 Å². The lowest BCUT2D eigenvalue weighted by atomic mass is 9.75. The van der Waals surface area contributed by atoms with Gasteiger partial charge in [0.2, 0.25) is 0 Å². The largest absolute Gasteiger partial charge is 0.256 e. The van der Waals surface area contributed by atoms with Crippen molar-refractivity contribution in [3.8, 4) is 0 Å². The molecule has 1 aromatic carbocycles. The summed E-state index contributed by atoms with van der Waals surface area (Å²) in [4.78, 5) is 9.34. The van der Waals surface area contributed by atoms with Crippen LogP contribution in [0.15, 0.2) is 67.0 Å². The number of pyridine rings is 2. The fourth-order valence-electron chi connectivity index (χ4n) is 3.45. The van der Waals surface area contributed by atoms with Crippen LogP contribution in [-0.4, -0.2) is 9.97 Å². The second kappa shape index (κ2) is 8.13. The van der Waals surface area contributed by atoms with Crippen molar-refractivity contribution < 1.29 is 0 Å². The van der Waals surface area contributed by atoms with E-state index in [-0.39, 0.29) is 10.8 Å². The maximum Gasteiger partial charge on any atom is 0.0695 e. The summed E-state index contributed by atoms with van der Waals surface area (Å²) < 4.78 is 0. The maximum atomic E-state index is 4.67. The van der Waals surface area contributed by atoms with Crippen molar-refractivity contribution in [1.82, 2.24) is 9.97 Å². The van der Waals surface area contributed by atoms with Crippen molar-refractivity contribution in [1.29, 1.82) is 0 Å². The van der Waals surface area contributed by atoms with E-state index in [1.54, 1.807) is 0 Å². The number of hydrogen-bond donors (Lipinski definition) is 0. The van der Waals surface area contributed by atoms with E-state index < -0.39 is 7.92 Å². The summed E-state index contributed by atoms with van der Waals surface area (Å²) >= 11 is 0. The highest BCUT2D eigenvalue weighted by Crippen LogP contribution is 2.39. The van der Waals surface area contributed by atoms with Crippen LogP contribution in [-0.2, 0) is 17.0 Å². The molecule has 0 unspecified atom stereocenters. The zero-order valence-electron chi connectivity index (χ0n) is 17.9. The van der Waals surface area contributed by atoms with Gasteiger partial charge in [0.05, 0.1) is 10.9 Å². The molecular formula is C25H31N2P. The summed E-state index contributed by atoms with van der Waals surface area (Å²) in [5.74, 6) is 0. The molecule has 0 radical (unpaired) electrons. The van der Waals surface area contributed by atoms with Gasteiger partial charge in [-0.3, -0.25) is 9.97 Å². The standard InChI is InChI=1S/C25H31N2P/c1-24(2,3)20-14-13-19(17-21(20)25(4,5)6)18-28(22-11-7-9-15-26-22)23-12-8-10-16-27-23/h7-17H,18H2,1-6H3. The first kappa shape index (κ1) is 20.7. The van der Waals surface area contributed by atoms with E-state index in [0.717, 1.165) is 17.0 Å². The minimum absolute atomic E-state index is 0.109. The summed E-state index contributed by atoms with van der Waals surface area (Å²) in [6.07, 6.45) is 4.73. The number of hydrogen-bond acceptors (Lipinski definition) is 2. The smallest absolute Gasteiger partial charge is 0.0695 e. The Morgan fingerprint density at radius 2 is 1.21 bits per heavy atom. The summed E-state index contributed by atoms with van der Waals surface area (Å²) in [6.45, 7) is 13.8. The van der Waals surface area contributed by atoms with Gasteiger partial charge in [0.1, 0.15) is 0 Å². The molecule has 2 nitrogen and oxygen atoms in total. The normalized spacial score (nSPS) is 12.4. The lowest BCUT2D eigenvalue weighted by Gasteiger charge is -2.31. The van der Waals surface area contributed by atoms with Crippen LogP contribution < -0.4 is 10.9 Å². The van der Waals surface area contributed by atoms with Crippen LogP contribution >= 0.6 is 7.92 Å². The van der Waals surface area contributed by atoms with Gasteiger partial charge < -0.3 is 0 Å². The molecule has 2 aromatic heterocycles. The molecule has 146 valence electrons. The Morgan fingerprint density at radius 3 is 1.64 bits per heavy atom. The van der Waals surface area contributed by atoms with E-state index in [1.165, 1.54) is 16.7 Å². The Labute approximate surface area is 171 Å². The minimum Gasteiger partial charge on any atom is -0.256 e. The highest BCUT2D eigenvalue weighted by molar-refractivity contribution is 7.71. The van der Waals surface area contributed by atoms with E-state index in [0.29, 0.717) is 0 Å². The Hall–Kier alpha value is -2.05. The van der Waals surface area contributed by atoms with E-state index in [2.05, 4.69) is 94.0 Å². The molecule has 0 saturated heterocycles. The molecule has 0 aliphatic carbocycles. The van der Waals surface area contributed by atoms with Gasteiger partial charge in [0, 0.05) is 26.5 Å². The maximum absolute atomic E-state index is 4.67. The zero-order valence-corrected chi connectivity index (χ0v) is 18.8. The molecule has 0 saturated carbocycles. The van der Waals surface area contributed by atoms with Crippen molar-refractivity contribution in [2.45, 2.75) is 58.5 Å². The predicted octanol–water partition coefficient (Wildman–Crippen LogP) is 5.70. The van der Waals surface area contributed by atoms with Crippen molar-refractivity contribution in [3.05, 3.63) is 83.7 Å². The van der Waals surface area contributed by atoms with E-state index in [4.69, 9.17) is 0 Å². The third-order valence-corrected chi connectivity index (χ3v) is 7.21. The van der Waals surface area contributed by atoms with Gasteiger partial charge in [-0.1, -0.05) is 71.9 Å². The average molecular weight is 391 g/mol. The predicted molar refractivity (Wildman–Crippen MR) is 122 cm³/mol. The van der Waals surface area contributed by atoms with Gasteiger partial charge in [-0.05, 0) is 51.8 Å². The molecule has 0 spiro atoms. The van der Waals surface area contributed by atoms with Crippen LogP contribution in [0.1, 0.15) is 58.2 Å². The Kier molecular flexibility index (Phi) is 6.01. The Bertz CT molecular complexity index is 867. The average Bonchev–Trinajstić information content (AvgIpc) is 2.66. The van der Waals surface area contributed by atoms with E-state index >= 15 is 0 Å². The molecule has 0 aliphatic heterocycles. The van der Waals surface area contributed by atoms with Crippen LogP contribution in [0, 0.1) is 0 Å². The monoisotopic (exact) mass is 390 g/mol. The fraction of sp³-hybridized carbons (Fsp3) is 0.360. The summed E-state index contributed by atoms with van der Waals surface area (Å²) in [7, 11) is -0.635. The molecule has 0 fully saturated rings. The topological polar surface area (TPSA) is 25.8 Å². The molecule has 0 bridgehead atoms. The molecule has 28 heavy (non-hydrogen) atoms. The SMILES string of the molecule is CC(C)(C)c1ccc(CP(c2ccccn2)c2ccccn2)cc1C(C)(C)C. The molecule has 0 N–H and O–H groups in total. The van der Waals surface area contributed by atoms with Crippen LogP contribution in [0.3, 0.4) is 0 Å². The molecule has 0 amide bonds. The quantitative estimate of drug-likeness (QED) is 0.534. The number of rotatable bonds is 4.